The molecule has 0 aliphatic carbocycles. The van der Waals surface area contributed by atoms with Crippen LogP contribution >= 0.6 is 0 Å². The van der Waals surface area contributed by atoms with E-state index >= 15 is 0 Å². The van der Waals surface area contributed by atoms with Crippen LogP contribution in [0.15, 0.2) is 0 Å². The summed E-state index contributed by atoms with van der Waals surface area (Å²) in [5, 5.41) is 6.42. The minimum Gasteiger partial charge on any atom is -0.318 e. The van der Waals surface area contributed by atoms with Gasteiger partial charge in [-0.05, 0) is 32.5 Å². The molecule has 0 aliphatic heterocycles. The molecule has 0 saturated carbocycles. The fourth-order valence-electron chi connectivity index (χ4n) is 1.37. The minimum absolute atomic E-state index is 0.442. The molecule has 92 valence electrons. The Hall–Kier alpha value is -0.120. The summed E-state index contributed by atoms with van der Waals surface area (Å²) in [4.78, 5) is 2.53. The van der Waals surface area contributed by atoms with Crippen LogP contribution in [0.3, 0.4) is 0 Å². The Morgan fingerprint density at radius 3 is 1.67 bits per heavy atom. The highest BCUT2D eigenvalue weighted by Crippen LogP contribution is 2.18. The van der Waals surface area contributed by atoms with Gasteiger partial charge in [0, 0.05) is 26.2 Å². The molecule has 0 aliphatic rings. The van der Waals surface area contributed by atoms with E-state index in [1.54, 1.807) is 0 Å². The third kappa shape index (κ3) is 10.2. The van der Waals surface area contributed by atoms with Crippen LogP contribution < -0.4 is 10.6 Å². The highest BCUT2D eigenvalue weighted by molar-refractivity contribution is 4.67. The highest BCUT2D eigenvalue weighted by atomic mass is 15.1. The molecule has 0 unspecified atom stereocenters. The molecule has 0 rings (SSSR count). The van der Waals surface area contributed by atoms with Gasteiger partial charge in [0.15, 0.2) is 0 Å². The quantitative estimate of drug-likeness (QED) is 0.636. The maximum absolute atomic E-state index is 3.21. The van der Waals surface area contributed by atoms with Crippen molar-refractivity contribution in [2.24, 2.45) is 5.41 Å². The topological polar surface area (TPSA) is 27.3 Å². The van der Waals surface area contributed by atoms with Crippen LogP contribution in [0.4, 0.5) is 0 Å². The van der Waals surface area contributed by atoms with Crippen molar-refractivity contribution in [2.75, 3.05) is 46.8 Å². The van der Waals surface area contributed by atoms with Gasteiger partial charge in [0.2, 0.25) is 0 Å². The van der Waals surface area contributed by atoms with Crippen molar-refractivity contribution < 1.29 is 0 Å². The van der Waals surface area contributed by atoms with Gasteiger partial charge in [0.05, 0.1) is 0 Å². The van der Waals surface area contributed by atoms with Crippen LogP contribution in [0.2, 0.25) is 0 Å². The van der Waals surface area contributed by atoms with Crippen LogP contribution in [-0.4, -0.2) is 51.7 Å². The molecule has 0 atom stereocenters. The van der Waals surface area contributed by atoms with E-state index in [-0.39, 0.29) is 0 Å². The van der Waals surface area contributed by atoms with E-state index in [2.05, 4.69) is 36.3 Å². The Morgan fingerprint density at radius 1 is 0.867 bits per heavy atom. The smallest absolute Gasteiger partial charge is 0.0107 e. The number of hydrogen-bond acceptors (Lipinski definition) is 3. The molecule has 3 nitrogen and oxygen atoms in total. The van der Waals surface area contributed by atoms with E-state index in [0.29, 0.717) is 5.41 Å². The number of hydrogen-bond donors (Lipinski definition) is 2. The highest BCUT2D eigenvalue weighted by Gasteiger charge is 2.12. The van der Waals surface area contributed by atoms with Crippen LogP contribution in [0.5, 0.6) is 0 Å². The Bertz CT molecular complexity index is 132. The van der Waals surface area contributed by atoms with Gasteiger partial charge in [-0.3, -0.25) is 0 Å². The van der Waals surface area contributed by atoms with E-state index < -0.39 is 0 Å². The predicted molar refractivity (Wildman–Crippen MR) is 68.4 cm³/mol. The van der Waals surface area contributed by atoms with Crippen LogP contribution in [0.25, 0.3) is 0 Å². The van der Waals surface area contributed by atoms with Gasteiger partial charge in [-0.15, -0.1) is 0 Å². The van der Waals surface area contributed by atoms with Gasteiger partial charge in [-0.2, -0.15) is 0 Å². The molecular formula is C12H29N3. The minimum atomic E-state index is 0.442. The Morgan fingerprint density at radius 2 is 1.33 bits per heavy atom. The predicted octanol–water partition coefficient (Wildman–Crippen LogP) is 1.16. The largest absolute Gasteiger partial charge is 0.318 e. The lowest BCUT2D eigenvalue weighted by atomic mass is 9.92. The zero-order valence-corrected chi connectivity index (χ0v) is 11.2. The lowest BCUT2D eigenvalue weighted by Crippen LogP contribution is -2.37. The molecule has 3 heteroatoms. The van der Waals surface area contributed by atoms with E-state index in [4.69, 9.17) is 0 Å². The second kappa shape index (κ2) is 8.08. The molecular weight excluding hydrogens is 186 g/mol. The van der Waals surface area contributed by atoms with E-state index in [0.717, 1.165) is 26.2 Å². The second-order valence-corrected chi connectivity index (χ2v) is 5.36. The summed E-state index contributed by atoms with van der Waals surface area (Å²) in [7, 11) is 4.03. The Labute approximate surface area is 95.6 Å². The van der Waals surface area contributed by atoms with Crippen molar-refractivity contribution in [3.63, 3.8) is 0 Å². The van der Waals surface area contributed by atoms with Crippen LogP contribution in [0, 0.1) is 5.41 Å². The summed E-state index contributed by atoms with van der Waals surface area (Å²) >= 11 is 0. The van der Waals surface area contributed by atoms with Gasteiger partial charge in [0.25, 0.3) is 0 Å². The molecule has 0 spiro atoms. The summed E-state index contributed by atoms with van der Waals surface area (Å²) < 4.78 is 0. The van der Waals surface area contributed by atoms with Crippen molar-refractivity contribution >= 4 is 0 Å². The summed E-state index contributed by atoms with van der Waals surface area (Å²) in [6, 6.07) is 0. The van der Waals surface area contributed by atoms with Crippen molar-refractivity contribution in [3.05, 3.63) is 0 Å². The number of nitrogens with one attached hydrogen (secondary N) is 2. The zero-order chi connectivity index (χ0) is 11.7. The summed E-state index contributed by atoms with van der Waals surface area (Å²) in [5.41, 5.74) is 0.442. The molecule has 0 fully saturated rings. The fourth-order valence-corrected chi connectivity index (χ4v) is 1.37. The van der Waals surface area contributed by atoms with Gasteiger partial charge >= 0.3 is 0 Å². The monoisotopic (exact) mass is 215 g/mol. The SMILES string of the molecule is CNCCN(CCNC)CCC(C)(C)C. The van der Waals surface area contributed by atoms with Crippen molar-refractivity contribution in [1.29, 1.82) is 0 Å². The van der Waals surface area contributed by atoms with Crippen LogP contribution in [-0.2, 0) is 0 Å². The maximum Gasteiger partial charge on any atom is 0.0107 e. The Balaban J connectivity index is 3.78. The summed E-state index contributed by atoms with van der Waals surface area (Å²) in [6.45, 7) is 12.6. The van der Waals surface area contributed by atoms with E-state index in [1.165, 1.54) is 13.0 Å². The van der Waals surface area contributed by atoms with Crippen molar-refractivity contribution in [3.8, 4) is 0 Å². The summed E-state index contributed by atoms with van der Waals surface area (Å²) in [6.07, 6.45) is 1.26. The van der Waals surface area contributed by atoms with Gasteiger partial charge in [-0.1, -0.05) is 20.8 Å². The molecule has 0 aromatic carbocycles. The van der Waals surface area contributed by atoms with Gasteiger partial charge in [0.1, 0.15) is 0 Å². The van der Waals surface area contributed by atoms with E-state index in [9.17, 15) is 0 Å². The number of likely N-dealkylation sites (N-methyl/N-ethyl adjacent to an activating group) is 2. The average molecular weight is 215 g/mol. The third-order valence-electron chi connectivity index (χ3n) is 2.53. The lowest BCUT2D eigenvalue weighted by Gasteiger charge is -2.26. The first kappa shape index (κ1) is 14.9. The first-order valence-electron chi connectivity index (χ1n) is 6.01. The molecule has 0 heterocycles. The van der Waals surface area contributed by atoms with Crippen LogP contribution in [0.1, 0.15) is 27.2 Å². The second-order valence-electron chi connectivity index (χ2n) is 5.36. The molecule has 2 N–H and O–H groups in total. The third-order valence-corrected chi connectivity index (χ3v) is 2.53. The molecule has 0 aromatic rings. The lowest BCUT2D eigenvalue weighted by molar-refractivity contribution is 0.230. The Kier molecular flexibility index (Phi) is 8.02. The average Bonchev–Trinajstić information content (AvgIpc) is 2.15. The standard InChI is InChI=1S/C12H29N3/c1-12(2,3)6-9-15(10-7-13-4)11-8-14-5/h13-14H,6-11H2,1-5H3. The number of nitrogens with zero attached hydrogens (tertiary/aromatic N) is 1. The molecule has 0 saturated heterocycles. The maximum atomic E-state index is 3.21. The normalized spacial score (nSPS) is 12.4. The van der Waals surface area contributed by atoms with Crippen molar-refractivity contribution in [1.82, 2.24) is 15.5 Å². The van der Waals surface area contributed by atoms with Gasteiger partial charge < -0.3 is 15.5 Å². The molecule has 0 amide bonds. The fraction of sp³-hybridized carbons (Fsp3) is 1.00. The molecule has 15 heavy (non-hydrogen) atoms. The number of rotatable bonds is 8. The summed E-state index contributed by atoms with van der Waals surface area (Å²) in [5.74, 6) is 0. The first-order chi connectivity index (χ1) is 6.99. The first-order valence-corrected chi connectivity index (χ1v) is 6.01. The zero-order valence-electron chi connectivity index (χ0n) is 11.2. The van der Waals surface area contributed by atoms with E-state index in [1.807, 2.05) is 14.1 Å². The molecule has 0 aromatic heterocycles. The van der Waals surface area contributed by atoms with Gasteiger partial charge in [-0.25, -0.2) is 0 Å². The molecule has 0 radical (unpaired) electrons. The molecule has 0 bridgehead atoms. The van der Waals surface area contributed by atoms with Crippen molar-refractivity contribution in [2.45, 2.75) is 27.2 Å².